The maximum absolute atomic E-state index is 8.94. The summed E-state index contributed by atoms with van der Waals surface area (Å²) in [6.45, 7) is 1.72. The number of aliphatic hydroxyl groups is 2. The second kappa shape index (κ2) is 6.28. The normalized spacial score (nSPS) is 16.8. The van der Waals surface area contributed by atoms with Crippen molar-refractivity contribution in [3.05, 3.63) is 0 Å². The number of halogens is 1. The predicted molar refractivity (Wildman–Crippen MR) is 45.7 cm³/mol. The SMILES string of the molecule is CC(O)CSCC(O)CCl. The van der Waals surface area contributed by atoms with Gasteiger partial charge in [0.2, 0.25) is 0 Å². The average molecular weight is 185 g/mol. The summed E-state index contributed by atoms with van der Waals surface area (Å²) in [4.78, 5) is 0. The molecule has 2 nitrogen and oxygen atoms in total. The third-order valence-corrected chi connectivity index (χ3v) is 2.54. The molecule has 2 atom stereocenters. The molecule has 0 aromatic heterocycles. The molecule has 0 aliphatic heterocycles. The largest absolute Gasteiger partial charge is 0.393 e. The molecule has 0 aliphatic carbocycles. The maximum atomic E-state index is 8.94. The highest BCUT2D eigenvalue weighted by molar-refractivity contribution is 7.99. The van der Waals surface area contributed by atoms with Crippen molar-refractivity contribution < 1.29 is 10.2 Å². The first-order valence-corrected chi connectivity index (χ1v) is 4.85. The zero-order chi connectivity index (χ0) is 7.98. The minimum Gasteiger partial charge on any atom is -0.393 e. The number of alkyl halides is 1. The number of hydrogen-bond acceptors (Lipinski definition) is 3. The van der Waals surface area contributed by atoms with Crippen LogP contribution in [0.1, 0.15) is 6.92 Å². The molecule has 0 bridgehead atoms. The second-order valence-corrected chi connectivity index (χ2v) is 3.58. The van der Waals surface area contributed by atoms with Gasteiger partial charge in [0.15, 0.2) is 0 Å². The summed E-state index contributed by atoms with van der Waals surface area (Å²) in [6, 6.07) is 0. The smallest absolute Gasteiger partial charge is 0.0765 e. The Hall–Kier alpha value is 0.560. The lowest BCUT2D eigenvalue weighted by Gasteiger charge is -2.06. The van der Waals surface area contributed by atoms with Crippen LogP contribution in [0.5, 0.6) is 0 Å². The van der Waals surface area contributed by atoms with Gasteiger partial charge in [-0.1, -0.05) is 0 Å². The molecule has 0 saturated heterocycles. The highest BCUT2D eigenvalue weighted by Gasteiger charge is 2.02. The van der Waals surface area contributed by atoms with Crippen molar-refractivity contribution in [2.24, 2.45) is 0 Å². The summed E-state index contributed by atoms with van der Waals surface area (Å²) < 4.78 is 0. The minimum absolute atomic E-state index is 0.271. The van der Waals surface area contributed by atoms with Gasteiger partial charge in [0, 0.05) is 17.4 Å². The molecule has 62 valence electrons. The lowest BCUT2D eigenvalue weighted by atomic mass is 10.5. The molecule has 0 spiro atoms. The quantitative estimate of drug-likeness (QED) is 0.619. The lowest BCUT2D eigenvalue weighted by molar-refractivity contribution is 0.216. The second-order valence-electron chi connectivity index (χ2n) is 2.19. The Balaban J connectivity index is 3.03. The van der Waals surface area contributed by atoms with Crippen molar-refractivity contribution in [3.8, 4) is 0 Å². The molecule has 2 N–H and O–H groups in total. The van der Waals surface area contributed by atoms with E-state index in [1.54, 1.807) is 6.92 Å². The molecular formula is C6H13ClO2S. The van der Waals surface area contributed by atoms with Crippen LogP contribution >= 0.6 is 23.4 Å². The number of rotatable bonds is 5. The van der Waals surface area contributed by atoms with Crippen molar-refractivity contribution >= 4 is 23.4 Å². The van der Waals surface area contributed by atoms with Gasteiger partial charge in [-0.25, -0.2) is 0 Å². The fourth-order valence-electron chi connectivity index (χ4n) is 0.419. The summed E-state index contributed by atoms with van der Waals surface area (Å²) >= 11 is 6.85. The molecule has 0 radical (unpaired) electrons. The molecule has 0 aliphatic rings. The van der Waals surface area contributed by atoms with E-state index in [-0.39, 0.29) is 12.0 Å². The van der Waals surface area contributed by atoms with Crippen molar-refractivity contribution in [1.29, 1.82) is 0 Å². The molecule has 0 heterocycles. The molecule has 4 heteroatoms. The van der Waals surface area contributed by atoms with Crippen LogP contribution in [0, 0.1) is 0 Å². The fraction of sp³-hybridized carbons (Fsp3) is 1.00. The third kappa shape index (κ3) is 6.68. The molecule has 0 fully saturated rings. The summed E-state index contributed by atoms with van der Waals surface area (Å²) in [5, 5.41) is 17.7. The van der Waals surface area contributed by atoms with Crippen LogP contribution in [0.25, 0.3) is 0 Å². The van der Waals surface area contributed by atoms with Crippen LogP contribution in [0.4, 0.5) is 0 Å². The van der Waals surface area contributed by atoms with E-state index in [1.807, 2.05) is 0 Å². The minimum atomic E-state index is -0.439. The molecule has 0 aromatic carbocycles. The van der Waals surface area contributed by atoms with E-state index < -0.39 is 6.10 Å². The number of aliphatic hydroxyl groups excluding tert-OH is 2. The van der Waals surface area contributed by atoms with E-state index >= 15 is 0 Å². The van der Waals surface area contributed by atoms with E-state index in [0.29, 0.717) is 11.5 Å². The Morgan fingerprint density at radius 1 is 1.40 bits per heavy atom. The summed E-state index contributed by atoms with van der Waals surface area (Å²) in [7, 11) is 0. The average Bonchev–Trinajstić information content (AvgIpc) is 1.87. The first kappa shape index (κ1) is 10.6. The van der Waals surface area contributed by atoms with Crippen LogP contribution in [-0.4, -0.2) is 39.8 Å². The Labute approximate surface area is 70.6 Å². The lowest BCUT2D eigenvalue weighted by Crippen LogP contribution is -2.13. The van der Waals surface area contributed by atoms with E-state index in [2.05, 4.69) is 0 Å². The van der Waals surface area contributed by atoms with Gasteiger partial charge in [-0.05, 0) is 6.92 Å². The van der Waals surface area contributed by atoms with E-state index in [4.69, 9.17) is 21.8 Å². The van der Waals surface area contributed by atoms with Gasteiger partial charge in [0.05, 0.1) is 12.2 Å². The first-order chi connectivity index (χ1) is 4.66. The van der Waals surface area contributed by atoms with Gasteiger partial charge in [0.25, 0.3) is 0 Å². The van der Waals surface area contributed by atoms with Crippen molar-refractivity contribution in [2.75, 3.05) is 17.4 Å². The van der Waals surface area contributed by atoms with Crippen LogP contribution < -0.4 is 0 Å². The molecule has 2 unspecified atom stereocenters. The standard InChI is InChI=1S/C6H13ClO2S/c1-5(8)3-10-4-6(9)2-7/h5-6,8-9H,2-4H2,1H3. The third-order valence-electron chi connectivity index (χ3n) is 0.847. The summed E-state index contributed by atoms with van der Waals surface area (Å²) in [6.07, 6.45) is -0.738. The van der Waals surface area contributed by atoms with E-state index in [0.717, 1.165) is 0 Å². The number of thioether (sulfide) groups is 1. The van der Waals surface area contributed by atoms with Gasteiger partial charge < -0.3 is 10.2 Å². The molecule has 10 heavy (non-hydrogen) atoms. The summed E-state index contributed by atoms with van der Waals surface area (Å²) in [5.74, 6) is 1.54. The Kier molecular flexibility index (Phi) is 6.63. The van der Waals surface area contributed by atoms with Gasteiger partial charge in [-0.3, -0.25) is 0 Å². The monoisotopic (exact) mass is 184 g/mol. The van der Waals surface area contributed by atoms with Crippen LogP contribution in [0.15, 0.2) is 0 Å². The zero-order valence-electron chi connectivity index (χ0n) is 5.96. The molecule has 0 rings (SSSR count). The summed E-state index contributed by atoms with van der Waals surface area (Å²) in [5.41, 5.74) is 0. The Morgan fingerprint density at radius 2 is 2.00 bits per heavy atom. The van der Waals surface area contributed by atoms with Crippen molar-refractivity contribution in [2.45, 2.75) is 19.1 Å². The van der Waals surface area contributed by atoms with Crippen molar-refractivity contribution in [3.63, 3.8) is 0 Å². The highest BCUT2D eigenvalue weighted by atomic mass is 35.5. The molecule has 0 aromatic rings. The van der Waals surface area contributed by atoms with Crippen LogP contribution in [-0.2, 0) is 0 Å². The number of hydrogen-bond donors (Lipinski definition) is 2. The fourth-order valence-corrected chi connectivity index (χ4v) is 1.52. The van der Waals surface area contributed by atoms with E-state index in [1.165, 1.54) is 11.8 Å². The predicted octanol–water partition coefficient (Wildman–Crippen LogP) is 0.700. The van der Waals surface area contributed by atoms with Crippen LogP contribution in [0.3, 0.4) is 0 Å². The van der Waals surface area contributed by atoms with Gasteiger partial charge in [-0.2, -0.15) is 11.8 Å². The van der Waals surface area contributed by atoms with Gasteiger partial charge in [-0.15, -0.1) is 11.6 Å². The molecular weight excluding hydrogens is 172 g/mol. The van der Waals surface area contributed by atoms with Crippen LogP contribution in [0.2, 0.25) is 0 Å². The van der Waals surface area contributed by atoms with Gasteiger partial charge in [0.1, 0.15) is 0 Å². The first-order valence-electron chi connectivity index (χ1n) is 3.16. The molecule has 0 saturated carbocycles. The highest BCUT2D eigenvalue weighted by Crippen LogP contribution is 2.05. The van der Waals surface area contributed by atoms with Gasteiger partial charge >= 0.3 is 0 Å². The molecule has 0 amide bonds. The Bertz CT molecular complexity index is 80.1. The maximum Gasteiger partial charge on any atom is 0.0765 e. The topological polar surface area (TPSA) is 40.5 Å². The van der Waals surface area contributed by atoms with Crippen molar-refractivity contribution in [1.82, 2.24) is 0 Å². The zero-order valence-corrected chi connectivity index (χ0v) is 7.53. The Morgan fingerprint density at radius 3 is 2.40 bits per heavy atom. The van der Waals surface area contributed by atoms with E-state index in [9.17, 15) is 0 Å².